The number of carbonyl (C=O) groups is 1. The first-order chi connectivity index (χ1) is 7.50. The lowest BCUT2D eigenvalue weighted by Crippen LogP contribution is -2.44. The molecule has 0 aromatic carbocycles. The lowest BCUT2D eigenvalue weighted by atomic mass is 9.98. The van der Waals surface area contributed by atoms with Gasteiger partial charge in [-0.3, -0.25) is 4.79 Å². The Hall–Kier alpha value is -0.650. The predicted octanol–water partition coefficient (Wildman–Crippen LogP) is 1.01. The fraction of sp³-hybridized carbons (Fsp3) is 0.909. The first-order valence-electron chi connectivity index (χ1n) is 5.68. The molecule has 0 amide bonds. The van der Waals surface area contributed by atoms with Crippen LogP contribution in [0.4, 0.5) is 0 Å². The zero-order valence-corrected chi connectivity index (χ0v) is 10.2. The van der Waals surface area contributed by atoms with E-state index in [4.69, 9.17) is 20.3 Å². The van der Waals surface area contributed by atoms with E-state index < -0.39 is 11.5 Å². The van der Waals surface area contributed by atoms with E-state index in [2.05, 4.69) is 6.92 Å². The fourth-order valence-corrected chi connectivity index (χ4v) is 1.11. The van der Waals surface area contributed by atoms with Crippen molar-refractivity contribution < 1.29 is 19.4 Å². The molecule has 0 aliphatic carbocycles. The molecule has 0 rings (SSSR count). The van der Waals surface area contributed by atoms with Crippen LogP contribution in [-0.2, 0) is 14.3 Å². The van der Waals surface area contributed by atoms with Crippen LogP contribution in [0, 0.1) is 0 Å². The van der Waals surface area contributed by atoms with Gasteiger partial charge in [0.05, 0.1) is 13.2 Å². The SMILES string of the molecule is CCCOCCOCCCC(C)(N)C(=O)O. The molecule has 96 valence electrons. The van der Waals surface area contributed by atoms with Crippen molar-refractivity contribution in [2.75, 3.05) is 26.4 Å². The van der Waals surface area contributed by atoms with Crippen molar-refractivity contribution in [3.8, 4) is 0 Å². The largest absolute Gasteiger partial charge is 0.480 e. The molecule has 0 fully saturated rings. The van der Waals surface area contributed by atoms with Crippen LogP contribution in [0.25, 0.3) is 0 Å². The number of nitrogens with two attached hydrogens (primary N) is 1. The third-order valence-corrected chi connectivity index (χ3v) is 2.19. The highest BCUT2D eigenvalue weighted by atomic mass is 16.5. The maximum Gasteiger partial charge on any atom is 0.323 e. The number of hydrogen-bond donors (Lipinski definition) is 2. The van der Waals surface area contributed by atoms with Gasteiger partial charge in [-0.25, -0.2) is 0 Å². The second-order valence-corrected chi connectivity index (χ2v) is 4.05. The summed E-state index contributed by atoms with van der Waals surface area (Å²) in [5.74, 6) is -0.973. The normalized spacial score (nSPS) is 14.7. The second kappa shape index (κ2) is 8.50. The average Bonchev–Trinajstić information content (AvgIpc) is 2.21. The summed E-state index contributed by atoms with van der Waals surface area (Å²) in [4.78, 5) is 10.7. The Morgan fingerprint density at radius 3 is 2.31 bits per heavy atom. The molecule has 0 heterocycles. The van der Waals surface area contributed by atoms with Crippen LogP contribution in [0.2, 0.25) is 0 Å². The van der Waals surface area contributed by atoms with Crippen LogP contribution in [0.5, 0.6) is 0 Å². The first kappa shape index (κ1) is 15.3. The molecule has 1 unspecified atom stereocenters. The highest BCUT2D eigenvalue weighted by Crippen LogP contribution is 2.08. The van der Waals surface area contributed by atoms with Crippen LogP contribution in [0.15, 0.2) is 0 Å². The average molecular weight is 233 g/mol. The molecule has 1 atom stereocenters. The Labute approximate surface area is 96.9 Å². The molecule has 0 radical (unpaired) electrons. The third kappa shape index (κ3) is 7.62. The molecule has 0 aromatic rings. The van der Waals surface area contributed by atoms with E-state index >= 15 is 0 Å². The molecule has 0 saturated carbocycles. The number of carboxylic acid groups (broad SMARTS) is 1. The summed E-state index contributed by atoms with van der Waals surface area (Å²) < 4.78 is 10.5. The highest BCUT2D eigenvalue weighted by molar-refractivity contribution is 5.77. The molecule has 0 aliphatic rings. The molecule has 5 heteroatoms. The summed E-state index contributed by atoms with van der Waals surface area (Å²) in [6.07, 6.45) is 2.06. The number of ether oxygens (including phenoxy) is 2. The molecule has 0 saturated heterocycles. The van der Waals surface area contributed by atoms with Gasteiger partial charge < -0.3 is 20.3 Å². The molecule has 0 aliphatic heterocycles. The number of aliphatic carboxylic acids is 1. The minimum Gasteiger partial charge on any atom is -0.480 e. The summed E-state index contributed by atoms with van der Waals surface area (Å²) >= 11 is 0. The van der Waals surface area contributed by atoms with Crippen LogP contribution >= 0.6 is 0 Å². The molecule has 5 nitrogen and oxygen atoms in total. The quantitative estimate of drug-likeness (QED) is 0.550. The summed E-state index contributed by atoms with van der Waals surface area (Å²) in [7, 11) is 0. The zero-order chi connectivity index (χ0) is 12.4. The number of hydrogen-bond acceptors (Lipinski definition) is 4. The van der Waals surface area contributed by atoms with Crippen LogP contribution in [0.1, 0.15) is 33.1 Å². The van der Waals surface area contributed by atoms with Gasteiger partial charge in [0.2, 0.25) is 0 Å². The maximum absolute atomic E-state index is 10.7. The lowest BCUT2D eigenvalue weighted by molar-refractivity contribution is -0.143. The zero-order valence-electron chi connectivity index (χ0n) is 10.2. The second-order valence-electron chi connectivity index (χ2n) is 4.05. The molecule has 0 spiro atoms. The van der Waals surface area contributed by atoms with Crippen molar-refractivity contribution in [1.29, 1.82) is 0 Å². The summed E-state index contributed by atoms with van der Waals surface area (Å²) in [5, 5.41) is 8.76. The topological polar surface area (TPSA) is 81.8 Å². The van der Waals surface area contributed by atoms with E-state index in [1.807, 2.05) is 0 Å². The van der Waals surface area contributed by atoms with E-state index in [0.717, 1.165) is 13.0 Å². The van der Waals surface area contributed by atoms with E-state index in [1.54, 1.807) is 0 Å². The van der Waals surface area contributed by atoms with Crippen molar-refractivity contribution in [2.24, 2.45) is 5.73 Å². The smallest absolute Gasteiger partial charge is 0.323 e. The standard InChI is InChI=1S/C11H23NO4/c1-3-6-15-8-9-16-7-4-5-11(2,12)10(13)14/h3-9,12H2,1-2H3,(H,13,14). The summed E-state index contributed by atoms with van der Waals surface area (Å²) in [6, 6.07) is 0. The molecule has 0 aromatic heterocycles. The van der Waals surface area contributed by atoms with Gasteiger partial charge >= 0.3 is 5.97 Å². The van der Waals surface area contributed by atoms with Gasteiger partial charge in [-0.15, -0.1) is 0 Å². The van der Waals surface area contributed by atoms with Gasteiger partial charge in [0.25, 0.3) is 0 Å². The van der Waals surface area contributed by atoms with Gasteiger partial charge in [-0.05, 0) is 26.2 Å². The minimum absolute atomic E-state index is 0.415. The lowest BCUT2D eigenvalue weighted by Gasteiger charge is -2.18. The van der Waals surface area contributed by atoms with Crippen molar-refractivity contribution in [3.63, 3.8) is 0 Å². The van der Waals surface area contributed by atoms with Crippen molar-refractivity contribution >= 4 is 5.97 Å². The Morgan fingerprint density at radius 2 is 1.81 bits per heavy atom. The van der Waals surface area contributed by atoms with E-state index in [0.29, 0.717) is 32.7 Å². The van der Waals surface area contributed by atoms with Crippen LogP contribution in [0.3, 0.4) is 0 Å². The summed E-state index contributed by atoms with van der Waals surface area (Å²) in [5.41, 5.74) is 4.41. The van der Waals surface area contributed by atoms with Gasteiger partial charge in [-0.1, -0.05) is 6.92 Å². The first-order valence-corrected chi connectivity index (χ1v) is 5.68. The van der Waals surface area contributed by atoms with E-state index in [-0.39, 0.29) is 0 Å². The van der Waals surface area contributed by atoms with Crippen molar-refractivity contribution in [3.05, 3.63) is 0 Å². The fourth-order valence-electron chi connectivity index (χ4n) is 1.11. The van der Waals surface area contributed by atoms with Crippen molar-refractivity contribution in [2.45, 2.75) is 38.6 Å². The number of carboxylic acids is 1. The Kier molecular flexibility index (Phi) is 8.15. The highest BCUT2D eigenvalue weighted by Gasteiger charge is 2.26. The van der Waals surface area contributed by atoms with Gasteiger partial charge in [0.1, 0.15) is 5.54 Å². The minimum atomic E-state index is -1.15. The van der Waals surface area contributed by atoms with Crippen molar-refractivity contribution in [1.82, 2.24) is 0 Å². The monoisotopic (exact) mass is 233 g/mol. The van der Waals surface area contributed by atoms with Gasteiger partial charge in [0.15, 0.2) is 0 Å². The number of rotatable bonds is 10. The Bertz CT molecular complexity index is 194. The summed E-state index contributed by atoms with van der Waals surface area (Å²) in [6.45, 7) is 5.98. The van der Waals surface area contributed by atoms with Crippen LogP contribution < -0.4 is 5.73 Å². The van der Waals surface area contributed by atoms with Crippen LogP contribution in [-0.4, -0.2) is 43.0 Å². The predicted molar refractivity (Wildman–Crippen MR) is 61.4 cm³/mol. The molecule has 3 N–H and O–H groups in total. The van der Waals surface area contributed by atoms with E-state index in [1.165, 1.54) is 6.92 Å². The third-order valence-electron chi connectivity index (χ3n) is 2.19. The maximum atomic E-state index is 10.7. The molecule has 16 heavy (non-hydrogen) atoms. The van der Waals surface area contributed by atoms with Gasteiger partial charge in [0, 0.05) is 13.2 Å². The Morgan fingerprint density at radius 1 is 1.25 bits per heavy atom. The molecular formula is C11H23NO4. The molecular weight excluding hydrogens is 210 g/mol. The van der Waals surface area contributed by atoms with Gasteiger partial charge in [-0.2, -0.15) is 0 Å². The Balaban J connectivity index is 3.30. The molecule has 0 bridgehead atoms. The van der Waals surface area contributed by atoms with E-state index in [9.17, 15) is 4.79 Å².